The maximum atomic E-state index is 12.0. The lowest BCUT2D eigenvalue weighted by atomic mass is 9.90. The fourth-order valence-corrected chi connectivity index (χ4v) is 2.22. The van der Waals surface area contributed by atoms with E-state index >= 15 is 0 Å². The predicted molar refractivity (Wildman–Crippen MR) is 86.0 cm³/mol. The molecule has 114 valence electrons. The minimum Gasteiger partial charge on any atom is -0.312 e. The second kappa shape index (κ2) is 6.71. The van der Waals surface area contributed by atoms with Gasteiger partial charge >= 0.3 is 5.97 Å². The molecule has 0 atom stereocenters. The van der Waals surface area contributed by atoms with E-state index in [1.54, 1.807) is 37.3 Å². The zero-order chi connectivity index (χ0) is 16.3. The summed E-state index contributed by atoms with van der Waals surface area (Å²) in [6, 6.07) is 6.58. The van der Waals surface area contributed by atoms with Crippen LogP contribution >= 0.6 is 11.6 Å². The van der Waals surface area contributed by atoms with Crippen LogP contribution in [-0.2, 0) is 9.63 Å². The number of allylic oxidation sites excluding steroid dienone is 4. The van der Waals surface area contributed by atoms with Crippen LogP contribution in [0.2, 0.25) is 5.02 Å². The second-order valence-electron chi connectivity index (χ2n) is 5.28. The first-order chi connectivity index (χ1) is 10.4. The van der Waals surface area contributed by atoms with Gasteiger partial charge in [0, 0.05) is 5.57 Å². The number of rotatable bonds is 3. The minimum absolute atomic E-state index is 0.0381. The van der Waals surface area contributed by atoms with Gasteiger partial charge in [0.05, 0.1) is 10.6 Å². The quantitative estimate of drug-likeness (QED) is 0.481. The molecule has 5 heteroatoms. The van der Waals surface area contributed by atoms with Crippen molar-refractivity contribution in [3.63, 3.8) is 0 Å². The minimum atomic E-state index is -0.637. The zero-order valence-electron chi connectivity index (χ0n) is 12.6. The maximum Gasteiger partial charge on any atom is 0.367 e. The van der Waals surface area contributed by atoms with Gasteiger partial charge in [-0.3, -0.25) is 4.79 Å². The van der Waals surface area contributed by atoms with E-state index in [4.69, 9.17) is 16.4 Å². The van der Waals surface area contributed by atoms with Crippen molar-refractivity contribution in [2.45, 2.75) is 20.8 Å². The summed E-state index contributed by atoms with van der Waals surface area (Å²) in [7, 11) is 0. The normalized spacial score (nSPS) is 16.6. The van der Waals surface area contributed by atoms with Gasteiger partial charge in [0.15, 0.2) is 5.78 Å². The monoisotopic (exact) mass is 317 g/mol. The molecule has 0 heterocycles. The zero-order valence-corrected chi connectivity index (χ0v) is 13.3. The van der Waals surface area contributed by atoms with E-state index in [0.29, 0.717) is 21.9 Å². The van der Waals surface area contributed by atoms with Crippen molar-refractivity contribution in [2.24, 2.45) is 11.1 Å². The predicted octanol–water partition coefficient (Wildman–Crippen LogP) is 3.96. The van der Waals surface area contributed by atoms with Crippen LogP contribution in [0.4, 0.5) is 0 Å². The van der Waals surface area contributed by atoms with Gasteiger partial charge in [0.2, 0.25) is 0 Å². The van der Waals surface area contributed by atoms with E-state index in [1.807, 2.05) is 13.8 Å². The fourth-order valence-electron chi connectivity index (χ4n) is 2.00. The third-order valence-corrected chi connectivity index (χ3v) is 3.60. The van der Waals surface area contributed by atoms with E-state index in [2.05, 4.69) is 5.16 Å². The third kappa shape index (κ3) is 3.52. The third-order valence-electron chi connectivity index (χ3n) is 3.27. The summed E-state index contributed by atoms with van der Waals surface area (Å²) in [5, 5.41) is 4.16. The Morgan fingerprint density at radius 3 is 2.55 bits per heavy atom. The first-order valence-electron chi connectivity index (χ1n) is 6.88. The molecule has 0 bridgehead atoms. The molecule has 4 nitrogen and oxygen atoms in total. The molecule has 1 aromatic rings. The van der Waals surface area contributed by atoms with Crippen molar-refractivity contribution in [1.82, 2.24) is 0 Å². The number of hydrogen-bond donors (Lipinski definition) is 0. The molecular formula is C17H16ClNO3. The number of hydrogen-bond acceptors (Lipinski definition) is 4. The molecule has 0 saturated carbocycles. The summed E-state index contributed by atoms with van der Waals surface area (Å²) in [6.07, 6.45) is 3.15. The summed E-state index contributed by atoms with van der Waals surface area (Å²) in [5.74, 6) is -0.604. The molecule has 0 aromatic heterocycles. The van der Waals surface area contributed by atoms with Crippen LogP contribution in [-0.4, -0.2) is 17.5 Å². The van der Waals surface area contributed by atoms with Crippen molar-refractivity contribution in [3.05, 3.63) is 58.1 Å². The summed E-state index contributed by atoms with van der Waals surface area (Å²) < 4.78 is 0. The Morgan fingerprint density at radius 1 is 1.23 bits per heavy atom. The van der Waals surface area contributed by atoms with Crippen LogP contribution in [0.25, 0.3) is 0 Å². The van der Waals surface area contributed by atoms with E-state index < -0.39 is 5.97 Å². The highest BCUT2D eigenvalue weighted by molar-refractivity contribution is 6.33. The second-order valence-corrected chi connectivity index (χ2v) is 5.69. The highest BCUT2D eigenvalue weighted by Crippen LogP contribution is 2.20. The molecule has 0 fully saturated rings. The molecule has 1 aliphatic rings. The Balaban J connectivity index is 2.22. The van der Waals surface area contributed by atoms with Crippen molar-refractivity contribution in [3.8, 4) is 0 Å². The van der Waals surface area contributed by atoms with Gasteiger partial charge in [-0.15, -0.1) is 0 Å². The van der Waals surface area contributed by atoms with E-state index in [9.17, 15) is 9.59 Å². The number of nitrogens with zero attached hydrogens (tertiary/aromatic N) is 1. The average Bonchev–Trinajstić information content (AvgIpc) is 2.46. The van der Waals surface area contributed by atoms with Gasteiger partial charge < -0.3 is 4.84 Å². The van der Waals surface area contributed by atoms with Gasteiger partial charge in [0.25, 0.3) is 0 Å². The molecule has 0 N–H and O–H groups in total. The Labute approximate surface area is 134 Å². The van der Waals surface area contributed by atoms with Gasteiger partial charge in [-0.2, -0.15) is 0 Å². The Kier molecular flexibility index (Phi) is 4.93. The molecule has 0 amide bonds. The van der Waals surface area contributed by atoms with Gasteiger partial charge in [-0.25, -0.2) is 4.79 Å². The van der Waals surface area contributed by atoms with E-state index in [0.717, 1.165) is 0 Å². The molecule has 2 rings (SSSR count). The van der Waals surface area contributed by atoms with Crippen LogP contribution < -0.4 is 0 Å². The first-order valence-corrected chi connectivity index (χ1v) is 7.26. The van der Waals surface area contributed by atoms with E-state index in [1.165, 1.54) is 6.08 Å². The summed E-state index contributed by atoms with van der Waals surface area (Å²) in [4.78, 5) is 28.8. The van der Waals surface area contributed by atoms with Crippen LogP contribution in [0, 0.1) is 5.92 Å². The lowest BCUT2D eigenvalue weighted by molar-refractivity contribution is -0.111. The summed E-state index contributed by atoms with van der Waals surface area (Å²) in [5.41, 5.74) is 2.00. The van der Waals surface area contributed by atoms with Gasteiger partial charge in [0.1, 0.15) is 5.71 Å². The van der Waals surface area contributed by atoms with E-state index in [-0.39, 0.29) is 17.3 Å². The Hall–Kier alpha value is -2.20. The standard InChI is InChI=1S/C17H16ClNO3/c1-10(2)13-9-15(11(3)8-16(13)20)19-22-17(21)12-6-4-5-7-14(12)18/h4-10H,1-3H3. The van der Waals surface area contributed by atoms with Crippen LogP contribution in [0.15, 0.2) is 52.7 Å². The number of carbonyl (C=O) groups excluding carboxylic acids is 2. The van der Waals surface area contributed by atoms with Crippen molar-refractivity contribution >= 4 is 29.1 Å². The molecule has 0 spiro atoms. The Morgan fingerprint density at radius 2 is 1.91 bits per heavy atom. The maximum absolute atomic E-state index is 12.0. The number of halogens is 1. The molecular weight excluding hydrogens is 302 g/mol. The molecule has 1 aromatic carbocycles. The summed E-state index contributed by atoms with van der Waals surface area (Å²) >= 11 is 5.94. The molecule has 22 heavy (non-hydrogen) atoms. The molecule has 0 unspecified atom stereocenters. The first kappa shape index (κ1) is 16.2. The number of oxime groups is 1. The fraction of sp³-hybridized carbons (Fsp3) is 0.235. The van der Waals surface area contributed by atoms with Gasteiger partial charge in [-0.1, -0.05) is 42.7 Å². The number of carbonyl (C=O) groups is 2. The average molecular weight is 318 g/mol. The summed E-state index contributed by atoms with van der Waals surface area (Å²) in [6.45, 7) is 5.59. The Bertz CT molecular complexity index is 714. The highest BCUT2D eigenvalue weighted by Gasteiger charge is 2.20. The van der Waals surface area contributed by atoms with Crippen LogP contribution in [0.1, 0.15) is 31.1 Å². The van der Waals surface area contributed by atoms with Crippen molar-refractivity contribution < 1.29 is 14.4 Å². The largest absolute Gasteiger partial charge is 0.367 e. The number of ketones is 1. The lowest BCUT2D eigenvalue weighted by Crippen LogP contribution is -2.16. The smallest absolute Gasteiger partial charge is 0.312 e. The van der Waals surface area contributed by atoms with Gasteiger partial charge in [-0.05, 0) is 42.7 Å². The number of benzene rings is 1. The molecule has 0 saturated heterocycles. The van der Waals surface area contributed by atoms with Crippen molar-refractivity contribution in [2.75, 3.05) is 0 Å². The lowest BCUT2D eigenvalue weighted by Gasteiger charge is -2.14. The van der Waals surface area contributed by atoms with Crippen LogP contribution in [0.3, 0.4) is 0 Å². The molecule has 0 radical (unpaired) electrons. The highest BCUT2D eigenvalue weighted by atomic mass is 35.5. The molecule has 1 aliphatic carbocycles. The van der Waals surface area contributed by atoms with Crippen LogP contribution in [0.5, 0.6) is 0 Å². The van der Waals surface area contributed by atoms with Crippen molar-refractivity contribution in [1.29, 1.82) is 0 Å². The SMILES string of the molecule is CC1=CC(=O)C(C(C)C)=CC1=NOC(=O)c1ccccc1Cl. The molecule has 0 aliphatic heterocycles. The topological polar surface area (TPSA) is 55.7 Å².